The number of carbonyl (C=O) groups excluding carboxylic acids is 1. The molecule has 3 heterocycles. The topological polar surface area (TPSA) is 148 Å². The van der Waals surface area contributed by atoms with Crippen molar-refractivity contribution in [1.82, 2.24) is 19.5 Å². The number of fused-ring (bicyclic) bond motifs is 1. The van der Waals surface area contributed by atoms with Gasteiger partial charge in [0, 0.05) is 12.3 Å². The number of anilines is 1. The van der Waals surface area contributed by atoms with Gasteiger partial charge in [0.2, 0.25) is 11.9 Å². The van der Waals surface area contributed by atoms with Crippen LogP contribution in [0.3, 0.4) is 0 Å². The Labute approximate surface area is 186 Å². The molecule has 32 heavy (non-hydrogen) atoms. The fraction of sp³-hybridized carbons (Fsp3) is 0.650. The molecule has 1 unspecified atom stereocenters. The molecule has 3 N–H and O–H groups in total. The van der Waals surface area contributed by atoms with Crippen molar-refractivity contribution in [3.8, 4) is 0 Å². The van der Waals surface area contributed by atoms with Crippen LogP contribution in [0.4, 0.5) is 5.95 Å². The lowest BCUT2D eigenvalue weighted by Crippen LogP contribution is -2.47. The van der Waals surface area contributed by atoms with E-state index in [0.29, 0.717) is 0 Å². The number of aromatic amines is 1. The van der Waals surface area contributed by atoms with Crippen LogP contribution in [-0.2, 0) is 18.8 Å². The number of carboxylic acid groups (broad SMARTS) is 1. The number of H-pyrrole nitrogens is 1. The largest absolute Gasteiger partial charge is 0.479 e. The van der Waals surface area contributed by atoms with E-state index in [1.54, 1.807) is 13.8 Å². The smallest absolute Gasteiger partial charge is 0.335 e. The summed E-state index contributed by atoms with van der Waals surface area (Å²) in [4.78, 5) is 47.3. The molecule has 0 saturated carbocycles. The SMILES string of the molecule is CC(C)C(=O)Nc1nc2c(ncn2[C@H]2CC(O[Si](C)(C)C(C)(C)C)[C@@H](C(=O)O)O2)c(=O)[nH]1. The minimum absolute atomic E-state index is 0.00944. The Morgan fingerprint density at radius 3 is 2.59 bits per heavy atom. The van der Waals surface area contributed by atoms with Crippen LogP contribution in [-0.4, -0.2) is 57.0 Å². The summed E-state index contributed by atoms with van der Waals surface area (Å²) < 4.78 is 13.7. The summed E-state index contributed by atoms with van der Waals surface area (Å²) in [6.07, 6.45) is -0.901. The first-order valence-electron chi connectivity index (χ1n) is 10.5. The van der Waals surface area contributed by atoms with Crippen LogP contribution in [0.1, 0.15) is 47.3 Å². The lowest BCUT2D eigenvalue weighted by Gasteiger charge is -2.38. The van der Waals surface area contributed by atoms with Gasteiger partial charge in [-0.05, 0) is 18.1 Å². The zero-order chi connectivity index (χ0) is 24.0. The van der Waals surface area contributed by atoms with Crippen LogP contribution in [0.5, 0.6) is 0 Å². The number of amides is 1. The van der Waals surface area contributed by atoms with Crippen molar-refractivity contribution in [2.45, 2.75) is 77.6 Å². The predicted molar refractivity (Wildman–Crippen MR) is 120 cm³/mol. The summed E-state index contributed by atoms with van der Waals surface area (Å²) in [5.74, 6) is -1.73. The molecule has 2 aromatic heterocycles. The maximum Gasteiger partial charge on any atom is 0.335 e. The predicted octanol–water partition coefficient (Wildman–Crippen LogP) is 2.48. The molecule has 1 fully saturated rings. The third-order valence-electron chi connectivity index (χ3n) is 6.08. The second-order valence-electron chi connectivity index (χ2n) is 9.88. The Morgan fingerprint density at radius 2 is 2.03 bits per heavy atom. The van der Waals surface area contributed by atoms with Gasteiger partial charge in [-0.3, -0.25) is 24.5 Å². The minimum Gasteiger partial charge on any atom is -0.479 e. The molecule has 3 rings (SSSR count). The standard InChI is InChI=1S/C20H31N5O6Si/c1-10(2)16(26)23-19-22-15-13(17(27)24-19)21-9-25(15)12-8-11(14(30-12)18(28)29)31-32(6,7)20(3,4)5/h9-12,14H,8H2,1-7H3,(H,28,29)(H2,22,23,24,26,27)/t11?,12-,14+/m1/s1. The number of carbonyl (C=O) groups is 2. The molecular formula is C20H31N5O6Si. The van der Waals surface area contributed by atoms with E-state index in [9.17, 15) is 19.5 Å². The van der Waals surface area contributed by atoms with Crippen LogP contribution < -0.4 is 10.9 Å². The molecule has 0 aliphatic carbocycles. The average molecular weight is 466 g/mol. The number of carboxylic acids is 1. The lowest BCUT2D eigenvalue weighted by molar-refractivity contribution is -0.154. The van der Waals surface area contributed by atoms with Crippen LogP contribution in [0, 0.1) is 5.92 Å². The van der Waals surface area contributed by atoms with Crippen molar-refractivity contribution >= 4 is 37.3 Å². The van der Waals surface area contributed by atoms with Crippen molar-refractivity contribution in [2.24, 2.45) is 5.92 Å². The monoisotopic (exact) mass is 465 g/mol. The van der Waals surface area contributed by atoms with Gasteiger partial charge in [0.1, 0.15) is 6.23 Å². The number of hydrogen-bond acceptors (Lipinski definition) is 7. The van der Waals surface area contributed by atoms with Gasteiger partial charge in [-0.15, -0.1) is 0 Å². The summed E-state index contributed by atoms with van der Waals surface area (Å²) in [7, 11) is -2.26. The van der Waals surface area contributed by atoms with Gasteiger partial charge in [0.05, 0.1) is 12.4 Å². The summed E-state index contributed by atoms with van der Waals surface area (Å²) in [5.41, 5.74) is -0.263. The Balaban J connectivity index is 1.94. The fourth-order valence-electron chi connectivity index (χ4n) is 3.15. The minimum atomic E-state index is -2.26. The van der Waals surface area contributed by atoms with Gasteiger partial charge >= 0.3 is 5.97 Å². The highest BCUT2D eigenvalue weighted by atomic mass is 28.4. The normalized spacial score (nSPS) is 21.9. The molecule has 0 spiro atoms. The zero-order valence-corrected chi connectivity index (χ0v) is 20.4. The maximum atomic E-state index is 12.4. The second-order valence-corrected chi connectivity index (χ2v) is 14.6. The first-order valence-corrected chi connectivity index (χ1v) is 13.5. The summed E-state index contributed by atoms with van der Waals surface area (Å²) >= 11 is 0. The highest BCUT2D eigenvalue weighted by molar-refractivity contribution is 6.74. The van der Waals surface area contributed by atoms with E-state index in [4.69, 9.17) is 9.16 Å². The van der Waals surface area contributed by atoms with E-state index in [2.05, 4.69) is 54.1 Å². The first kappa shape index (κ1) is 24.1. The van der Waals surface area contributed by atoms with Gasteiger partial charge in [-0.1, -0.05) is 34.6 Å². The Morgan fingerprint density at radius 1 is 1.38 bits per heavy atom. The molecule has 12 heteroatoms. The van der Waals surface area contributed by atoms with Crippen molar-refractivity contribution in [3.63, 3.8) is 0 Å². The molecule has 1 aliphatic heterocycles. The van der Waals surface area contributed by atoms with Crippen molar-refractivity contribution < 1.29 is 23.9 Å². The lowest BCUT2D eigenvalue weighted by atomic mass is 10.2. The number of rotatable bonds is 6. The zero-order valence-electron chi connectivity index (χ0n) is 19.4. The van der Waals surface area contributed by atoms with Crippen molar-refractivity contribution in [1.29, 1.82) is 0 Å². The van der Waals surface area contributed by atoms with Crippen molar-refractivity contribution in [3.05, 3.63) is 16.7 Å². The van der Waals surface area contributed by atoms with E-state index in [1.165, 1.54) is 10.9 Å². The summed E-state index contributed by atoms with van der Waals surface area (Å²) in [6, 6.07) is 0. The van der Waals surface area contributed by atoms with E-state index >= 15 is 0 Å². The molecule has 1 saturated heterocycles. The number of imidazole rings is 1. The number of hydrogen-bond donors (Lipinski definition) is 3. The number of aromatic nitrogens is 4. The third-order valence-corrected chi connectivity index (χ3v) is 10.6. The summed E-state index contributed by atoms with van der Waals surface area (Å²) in [6.45, 7) is 13.8. The molecule has 2 aromatic rings. The molecule has 1 aliphatic rings. The number of nitrogens with one attached hydrogen (secondary N) is 2. The van der Waals surface area contributed by atoms with Gasteiger partial charge in [0.15, 0.2) is 25.6 Å². The molecule has 0 radical (unpaired) electrons. The van der Waals surface area contributed by atoms with E-state index in [1.807, 2.05) is 0 Å². The Bertz CT molecular complexity index is 1090. The second kappa shape index (κ2) is 8.41. The molecule has 0 aromatic carbocycles. The molecule has 176 valence electrons. The van der Waals surface area contributed by atoms with Crippen LogP contribution in [0.15, 0.2) is 11.1 Å². The quantitative estimate of drug-likeness (QED) is 0.551. The maximum absolute atomic E-state index is 12.4. The number of nitrogens with zero attached hydrogens (tertiary/aromatic N) is 3. The van der Waals surface area contributed by atoms with Crippen LogP contribution in [0.2, 0.25) is 18.1 Å². The third kappa shape index (κ3) is 4.61. The Hall–Kier alpha value is -2.57. The highest BCUT2D eigenvalue weighted by Gasteiger charge is 2.47. The molecular weight excluding hydrogens is 434 g/mol. The fourth-order valence-corrected chi connectivity index (χ4v) is 4.48. The molecule has 1 amide bonds. The Kier molecular flexibility index (Phi) is 6.33. The molecule has 3 atom stereocenters. The van der Waals surface area contributed by atoms with Crippen molar-refractivity contribution in [2.75, 3.05) is 5.32 Å². The van der Waals surface area contributed by atoms with E-state index in [-0.39, 0.29) is 40.4 Å². The van der Waals surface area contributed by atoms with Gasteiger partial charge < -0.3 is 14.3 Å². The first-order chi connectivity index (χ1) is 14.7. The van der Waals surface area contributed by atoms with Crippen LogP contribution >= 0.6 is 0 Å². The highest BCUT2D eigenvalue weighted by Crippen LogP contribution is 2.41. The number of aliphatic carboxylic acids is 1. The van der Waals surface area contributed by atoms with Gasteiger partial charge in [0.25, 0.3) is 5.56 Å². The summed E-state index contributed by atoms with van der Waals surface area (Å²) in [5, 5.41) is 12.2. The average Bonchev–Trinajstić information content (AvgIpc) is 3.24. The molecule has 11 nitrogen and oxygen atoms in total. The van der Waals surface area contributed by atoms with Gasteiger partial charge in [-0.2, -0.15) is 4.98 Å². The van der Waals surface area contributed by atoms with Gasteiger partial charge in [-0.25, -0.2) is 9.78 Å². The van der Waals surface area contributed by atoms with E-state index < -0.39 is 38.3 Å². The number of ether oxygens (including phenoxy) is 1. The van der Waals surface area contributed by atoms with Crippen LogP contribution in [0.25, 0.3) is 11.2 Å². The van der Waals surface area contributed by atoms with E-state index in [0.717, 1.165) is 0 Å². The molecule has 0 bridgehead atoms.